The molecule has 4 nitrogen and oxygen atoms in total. The molecule has 1 aliphatic rings. The van der Waals surface area contributed by atoms with E-state index in [2.05, 4.69) is 10.0 Å². The Kier molecular flexibility index (Phi) is 3.99. The number of nitrogens with one attached hydrogen (secondary N) is 2. The summed E-state index contributed by atoms with van der Waals surface area (Å²) in [5, 5.41) is 3.21. The lowest BCUT2D eigenvalue weighted by Gasteiger charge is -2.15. The van der Waals surface area contributed by atoms with E-state index in [-0.39, 0.29) is 5.54 Å². The summed E-state index contributed by atoms with van der Waals surface area (Å²) >= 11 is 0. The molecule has 1 fully saturated rings. The fraction of sp³-hybridized carbons (Fsp3) is 0.571. The van der Waals surface area contributed by atoms with Crippen LogP contribution in [0.2, 0.25) is 0 Å². The Balaban J connectivity index is 2.26. The van der Waals surface area contributed by atoms with Crippen molar-refractivity contribution >= 4 is 10.0 Å². The molecule has 2 rings (SSSR count). The molecule has 0 saturated heterocycles. The van der Waals surface area contributed by atoms with Crippen LogP contribution in [0, 0.1) is 6.92 Å². The van der Waals surface area contributed by atoms with E-state index < -0.39 is 10.0 Å². The van der Waals surface area contributed by atoms with Gasteiger partial charge in [-0.1, -0.05) is 19.1 Å². The van der Waals surface area contributed by atoms with Crippen LogP contribution in [-0.4, -0.2) is 20.5 Å². The van der Waals surface area contributed by atoms with Crippen LogP contribution in [0.1, 0.15) is 37.8 Å². The van der Waals surface area contributed by atoms with Crippen LogP contribution in [-0.2, 0) is 16.6 Å². The van der Waals surface area contributed by atoms with Crippen molar-refractivity contribution in [3.05, 3.63) is 29.3 Å². The Morgan fingerprint density at radius 1 is 1.32 bits per heavy atom. The predicted octanol–water partition coefficient (Wildman–Crippen LogP) is 1.94. The minimum absolute atomic E-state index is 0.233. The van der Waals surface area contributed by atoms with Gasteiger partial charge in [0.05, 0.1) is 4.90 Å². The molecule has 0 spiro atoms. The van der Waals surface area contributed by atoms with Gasteiger partial charge >= 0.3 is 0 Å². The monoisotopic (exact) mass is 282 g/mol. The van der Waals surface area contributed by atoms with Gasteiger partial charge in [-0.05, 0) is 50.4 Å². The van der Waals surface area contributed by atoms with E-state index in [4.69, 9.17) is 0 Å². The predicted molar refractivity (Wildman–Crippen MR) is 76.5 cm³/mol. The lowest BCUT2D eigenvalue weighted by molar-refractivity contribution is 0.557. The molecule has 2 N–H and O–H groups in total. The first-order chi connectivity index (χ1) is 8.86. The van der Waals surface area contributed by atoms with Gasteiger partial charge in [-0.15, -0.1) is 0 Å². The van der Waals surface area contributed by atoms with Crippen LogP contribution < -0.4 is 10.0 Å². The van der Waals surface area contributed by atoms with Gasteiger partial charge in [0.2, 0.25) is 10.0 Å². The number of sulfonamides is 1. The van der Waals surface area contributed by atoms with E-state index in [9.17, 15) is 8.42 Å². The first-order valence-corrected chi connectivity index (χ1v) is 8.19. The molecule has 1 aromatic rings. The zero-order chi connectivity index (χ0) is 14.1. The van der Waals surface area contributed by atoms with E-state index in [1.54, 1.807) is 6.07 Å². The normalized spacial score (nSPS) is 17.4. The molecule has 0 aromatic heterocycles. The quantitative estimate of drug-likeness (QED) is 0.838. The summed E-state index contributed by atoms with van der Waals surface area (Å²) < 4.78 is 27.6. The van der Waals surface area contributed by atoms with Crippen molar-refractivity contribution in [2.75, 3.05) is 6.54 Å². The van der Waals surface area contributed by atoms with Gasteiger partial charge in [-0.3, -0.25) is 0 Å². The Morgan fingerprint density at radius 2 is 2.00 bits per heavy atom. The molecule has 0 bridgehead atoms. The smallest absolute Gasteiger partial charge is 0.241 e. The number of rotatable bonds is 6. The van der Waals surface area contributed by atoms with Crippen molar-refractivity contribution in [1.82, 2.24) is 10.0 Å². The Bertz CT molecular complexity index is 563. The number of hydrogen-bond donors (Lipinski definition) is 2. The first-order valence-electron chi connectivity index (χ1n) is 6.70. The number of benzene rings is 1. The van der Waals surface area contributed by atoms with Crippen LogP contribution in [0.3, 0.4) is 0 Å². The molecule has 0 amide bonds. The molecule has 1 aromatic carbocycles. The Morgan fingerprint density at radius 3 is 2.58 bits per heavy atom. The van der Waals surface area contributed by atoms with Crippen molar-refractivity contribution in [1.29, 1.82) is 0 Å². The number of hydrogen-bond acceptors (Lipinski definition) is 3. The Labute approximate surface area is 115 Å². The van der Waals surface area contributed by atoms with E-state index >= 15 is 0 Å². The van der Waals surface area contributed by atoms with Crippen LogP contribution in [0.15, 0.2) is 23.1 Å². The minimum atomic E-state index is -3.41. The SMILES string of the molecule is CCNCc1ccc(C)c(S(=O)(=O)NC2(C)CC2)c1. The van der Waals surface area contributed by atoms with Gasteiger partial charge in [-0.25, -0.2) is 13.1 Å². The maximum atomic E-state index is 12.4. The van der Waals surface area contributed by atoms with Crippen molar-refractivity contribution in [3.63, 3.8) is 0 Å². The third-order valence-electron chi connectivity index (χ3n) is 3.50. The van der Waals surface area contributed by atoms with E-state index in [1.807, 2.05) is 32.9 Å². The summed E-state index contributed by atoms with van der Waals surface area (Å²) in [7, 11) is -3.41. The molecule has 0 unspecified atom stereocenters. The Hall–Kier alpha value is -0.910. The largest absolute Gasteiger partial charge is 0.313 e. The second kappa shape index (κ2) is 5.23. The zero-order valence-corrected chi connectivity index (χ0v) is 12.6. The molecule has 1 saturated carbocycles. The third kappa shape index (κ3) is 3.55. The van der Waals surface area contributed by atoms with Crippen molar-refractivity contribution in [2.24, 2.45) is 0 Å². The second-order valence-corrected chi connectivity index (χ2v) is 7.20. The molecule has 0 radical (unpaired) electrons. The minimum Gasteiger partial charge on any atom is -0.313 e. The topological polar surface area (TPSA) is 58.2 Å². The van der Waals surface area contributed by atoms with Gasteiger partial charge in [0, 0.05) is 12.1 Å². The van der Waals surface area contributed by atoms with Crippen LogP contribution >= 0.6 is 0 Å². The van der Waals surface area contributed by atoms with Gasteiger partial charge in [0.15, 0.2) is 0 Å². The molecule has 0 aliphatic heterocycles. The average molecular weight is 282 g/mol. The summed E-state index contributed by atoms with van der Waals surface area (Å²) in [6.45, 7) is 7.37. The van der Waals surface area contributed by atoms with Crippen molar-refractivity contribution in [3.8, 4) is 0 Å². The molecule has 5 heteroatoms. The van der Waals surface area contributed by atoms with Gasteiger partial charge in [0.1, 0.15) is 0 Å². The molecule has 1 aliphatic carbocycles. The fourth-order valence-electron chi connectivity index (χ4n) is 1.98. The fourth-order valence-corrected chi connectivity index (χ4v) is 3.74. The second-order valence-electron chi connectivity index (χ2n) is 5.55. The summed E-state index contributed by atoms with van der Waals surface area (Å²) in [5.41, 5.74) is 1.55. The van der Waals surface area contributed by atoms with Gasteiger partial charge in [-0.2, -0.15) is 0 Å². The van der Waals surface area contributed by atoms with Crippen LogP contribution in [0.5, 0.6) is 0 Å². The molecule has 0 heterocycles. The standard InChI is InChI=1S/C14H22N2O2S/c1-4-15-10-12-6-5-11(2)13(9-12)19(17,18)16-14(3)7-8-14/h5-6,9,15-16H,4,7-8,10H2,1-3H3. The highest BCUT2D eigenvalue weighted by Crippen LogP contribution is 2.36. The van der Waals surface area contributed by atoms with E-state index in [0.717, 1.165) is 30.5 Å². The zero-order valence-electron chi connectivity index (χ0n) is 11.8. The lowest BCUT2D eigenvalue weighted by Crippen LogP contribution is -2.34. The maximum absolute atomic E-state index is 12.4. The molecule has 106 valence electrons. The summed E-state index contributed by atoms with van der Waals surface area (Å²) in [4.78, 5) is 0.399. The molecule has 19 heavy (non-hydrogen) atoms. The van der Waals surface area contributed by atoms with Gasteiger partial charge in [0.25, 0.3) is 0 Å². The highest BCUT2D eigenvalue weighted by molar-refractivity contribution is 7.89. The average Bonchev–Trinajstić information content (AvgIpc) is 3.04. The van der Waals surface area contributed by atoms with Crippen LogP contribution in [0.25, 0.3) is 0 Å². The molecule has 0 atom stereocenters. The summed E-state index contributed by atoms with van der Waals surface area (Å²) in [6, 6.07) is 5.61. The first kappa shape index (κ1) is 14.5. The van der Waals surface area contributed by atoms with Crippen molar-refractivity contribution in [2.45, 2.75) is 50.6 Å². The van der Waals surface area contributed by atoms with E-state index in [1.165, 1.54) is 0 Å². The summed E-state index contributed by atoms with van der Waals surface area (Å²) in [6.07, 6.45) is 1.84. The van der Waals surface area contributed by atoms with Crippen molar-refractivity contribution < 1.29 is 8.42 Å². The lowest BCUT2D eigenvalue weighted by atomic mass is 10.1. The molecular weight excluding hydrogens is 260 g/mol. The maximum Gasteiger partial charge on any atom is 0.241 e. The van der Waals surface area contributed by atoms with Gasteiger partial charge < -0.3 is 5.32 Å². The molecular formula is C14H22N2O2S. The van der Waals surface area contributed by atoms with E-state index in [0.29, 0.717) is 11.4 Å². The highest BCUT2D eigenvalue weighted by Gasteiger charge is 2.41. The number of aryl methyl sites for hydroxylation is 1. The third-order valence-corrected chi connectivity index (χ3v) is 5.28. The highest BCUT2D eigenvalue weighted by atomic mass is 32.2. The van der Waals surface area contributed by atoms with Crippen LogP contribution in [0.4, 0.5) is 0 Å². The summed E-state index contributed by atoms with van der Waals surface area (Å²) in [5.74, 6) is 0.